The molecule has 1 saturated heterocycles. The van der Waals surface area contributed by atoms with Crippen LogP contribution < -0.4 is 10.6 Å². The molecule has 1 unspecified atom stereocenters. The molecule has 1 fully saturated rings. The molecule has 0 saturated carbocycles. The van der Waals surface area contributed by atoms with Gasteiger partial charge < -0.3 is 15.5 Å². The zero-order valence-corrected chi connectivity index (χ0v) is 11.2. The molecule has 3 rings (SSSR count). The highest BCUT2D eigenvalue weighted by Crippen LogP contribution is 2.23. The number of anilines is 1. The second-order valence-corrected chi connectivity index (χ2v) is 5.37. The smallest absolute Gasteiger partial charge is 0.321 e. The molecule has 1 aromatic rings. The summed E-state index contributed by atoms with van der Waals surface area (Å²) in [5.41, 5.74) is 2.21. The maximum atomic E-state index is 12.4. The number of benzene rings is 1. The third kappa shape index (κ3) is 2.73. The van der Waals surface area contributed by atoms with E-state index in [-0.39, 0.29) is 6.03 Å². The fraction of sp³-hybridized carbons (Fsp3) is 0.533. The van der Waals surface area contributed by atoms with Crippen molar-refractivity contribution in [1.29, 1.82) is 0 Å². The van der Waals surface area contributed by atoms with E-state index in [4.69, 9.17) is 0 Å². The first-order valence-corrected chi connectivity index (χ1v) is 7.21. The Kier molecular flexibility index (Phi) is 3.69. The molecule has 2 heterocycles. The number of fused-ring (bicyclic) bond motifs is 1. The number of amides is 2. The number of carbonyl (C=O) groups excluding carboxylic acids is 1. The zero-order chi connectivity index (χ0) is 13.1. The molecule has 2 aliphatic heterocycles. The number of para-hydroxylation sites is 1. The molecule has 1 atom stereocenters. The summed E-state index contributed by atoms with van der Waals surface area (Å²) < 4.78 is 0. The Morgan fingerprint density at radius 2 is 2.05 bits per heavy atom. The standard InChI is InChI=1S/C15H21N3O/c19-15-17-14-6-2-1-4-12(14)8-11-18(15)13-5-3-9-16-10-7-13/h1-2,4,6,13,16H,3,5,7-11H2,(H,17,19). The van der Waals surface area contributed by atoms with Crippen molar-refractivity contribution in [3.63, 3.8) is 0 Å². The van der Waals surface area contributed by atoms with Gasteiger partial charge in [0.1, 0.15) is 0 Å². The van der Waals surface area contributed by atoms with Crippen LogP contribution in [0.2, 0.25) is 0 Å². The van der Waals surface area contributed by atoms with Gasteiger partial charge in [0.05, 0.1) is 0 Å². The largest absolute Gasteiger partial charge is 0.322 e. The molecule has 0 aliphatic carbocycles. The number of carbonyl (C=O) groups is 1. The van der Waals surface area contributed by atoms with Crippen LogP contribution in [0, 0.1) is 0 Å². The van der Waals surface area contributed by atoms with Crippen molar-refractivity contribution in [3.05, 3.63) is 29.8 Å². The fourth-order valence-electron chi connectivity index (χ4n) is 3.05. The van der Waals surface area contributed by atoms with Gasteiger partial charge in [-0.1, -0.05) is 18.2 Å². The van der Waals surface area contributed by atoms with E-state index >= 15 is 0 Å². The van der Waals surface area contributed by atoms with Gasteiger partial charge in [-0.15, -0.1) is 0 Å². The molecule has 19 heavy (non-hydrogen) atoms. The highest BCUT2D eigenvalue weighted by Gasteiger charge is 2.27. The molecule has 2 N–H and O–H groups in total. The van der Waals surface area contributed by atoms with Gasteiger partial charge in [0, 0.05) is 18.3 Å². The second kappa shape index (κ2) is 5.61. The Labute approximate surface area is 114 Å². The average Bonchev–Trinajstić information content (AvgIpc) is 2.77. The summed E-state index contributed by atoms with van der Waals surface area (Å²) in [6.45, 7) is 2.92. The summed E-state index contributed by atoms with van der Waals surface area (Å²) in [5, 5.41) is 6.46. The maximum Gasteiger partial charge on any atom is 0.322 e. The number of hydrogen-bond acceptors (Lipinski definition) is 2. The molecule has 2 aliphatic rings. The third-order valence-electron chi connectivity index (χ3n) is 4.13. The van der Waals surface area contributed by atoms with Crippen molar-refractivity contribution in [1.82, 2.24) is 10.2 Å². The molecule has 0 aromatic heterocycles. The van der Waals surface area contributed by atoms with E-state index in [9.17, 15) is 4.79 Å². The average molecular weight is 259 g/mol. The van der Waals surface area contributed by atoms with Crippen molar-refractivity contribution in [2.45, 2.75) is 31.7 Å². The van der Waals surface area contributed by atoms with Gasteiger partial charge in [-0.2, -0.15) is 0 Å². The monoisotopic (exact) mass is 259 g/mol. The van der Waals surface area contributed by atoms with E-state index < -0.39 is 0 Å². The first kappa shape index (κ1) is 12.5. The minimum absolute atomic E-state index is 0.0665. The van der Waals surface area contributed by atoms with E-state index in [0.29, 0.717) is 6.04 Å². The van der Waals surface area contributed by atoms with Crippen LogP contribution in [0.25, 0.3) is 0 Å². The first-order valence-electron chi connectivity index (χ1n) is 7.21. The second-order valence-electron chi connectivity index (χ2n) is 5.37. The van der Waals surface area contributed by atoms with E-state index in [1.54, 1.807) is 0 Å². The number of nitrogens with zero attached hydrogens (tertiary/aromatic N) is 1. The van der Waals surface area contributed by atoms with Gasteiger partial charge in [0.25, 0.3) is 0 Å². The van der Waals surface area contributed by atoms with Crippen molar-refractivity contribution < 1.29 is 4.79 Å². The Hall–Kier alpha value is -1.55. The van der Waals surface area contributed by atoms with Gasteiger partial charge in [-0.3, -0.25) is 0 Å². The van der Waals surface area contributed by atoms with Crippen molar-refractivity contribution >= 4 is 11.7 Å². The van der Waals surface area contributed by atoms with Crippen LogP contribution in [-0.4, -0.2) is 36.6 Å². The van der Waals surface area contributed by atoms with Gasteiger partial charge >= 0.3 is 6.03 Å². The van der Waals surface area contributed by atoms with Crippen LogP contribution in [0.5, 0.6) is 0 Å². The number of hydrogen-bond donors (Lipinski definition) is 2. The Morgan fingerprint density at radius 1 is 1.16 bits per heavy atom. The van der Waals surface area contributed by atoms with E-state index in [0.717, 1.165) is 51.0 Å². The number of urea groups is 1. The summed E-state index contributed by atoms with van der Waals surface area (Å²) >= 11 is 0. The summed E-state index contributed by atoms with van der Waals surface area (Å²) in [5.74, 6) is 0. The van der Waals surface area contributed by atoms with Crippen LogP contribution in [-0.2, 0) is 6.42 Å². The molecular formula is C15H21N3O. The van der Waals surface area contributed by atoms with Gasteiger partial charge in [0.15, 0.2) is 0 Å². The minimum atomic E-state index is 0.0665. The highest BCUT2D eigenvalue weighted by molar-refractivity contribution is 5.91. The quantitative estimate of drug-likeness (QED) is 0.812. The molecule has 2 amide bonds. The summed E-state index contributed by atoms with van der Waals surface area (Å²) in [6, 6.07) is 8.56. The molecule has 0 radical (unpaired) electrons. The van der Waals surface area contributed by atoms with E-state index in [2.05, 4.69) is 16.7 Å². The Morgan fingerprint density at radius 3 is 3.00 bits per heavy atom. The molecule has 4 nitrogen and oxygen atoms in total. The van der Waals surface area contributed by atoms with Crippen molar-refractivity contribution in [3.8, 4) is 0 Å². The normalized spacial score (nSPS) is 24.1. The maximum absolute atomic E-state index is 12.4. The van der Waals surface area contributed by atoms with Crippen LogP contribution >= 0.6 is 0 Å². The molecule has 102 valence electrons. The molecular weight excluding hydrogens is 238 g/mol. The fourth-order valence-corrected chi connectivity index (χ4v) is 3.05. The predicted octanol–water partition coefficient (Wildman–Crippen LogP) is 2.22. The summed E-state index contributed by atoms with van der Waals surface area (Å²) in [4.78, 5) is 14.4. The molecule has 1 aromatic carbocycles. The lowest BCUT2D eigenvalue weighted by atomic mass is 10.1. The number of rotatable bonds is 1. The molecule has 4 heteroatoms. The minimum Gasteiger partial charge on any atom is -0.321 e. The lowest BCUT2D eigenvalue weighted by Gasteiger charge is -2.29. The highest BCUT2D eigenvalue weighted by atomic mass is 16.2. The van der Waals surface area contributed by atoms with E-state index in [1.807, 2.05) is 23.1 Å². The van der Waals surface area contributed by atoms with E-state index in [1.165, 1.54) is 5.56 Å². The van der Waals surface area contributed by atoms with Crippen molar-refractivity contribution in [2.24, 2.45) is 0 Å². The van der Waals surface area contributed by atoms with Crippen molar-refractivity contribution in [2.75, 3.05) is 25.0 Å². The SMILES string of the molecule is O=C1Nc2ccccc2CCN1C1CCCNCC1. The number of nitrogens with one attached hydrogen (secondary N) is 2. The van der Waals surface area contributed by atoms with Crippen LogP contribution in [0.15, 0.2) is 24.3 Å². The Balaban J connectivity index is 1.76. The van der Waals surface area contributed by atoms with Crippen LogP contribution in [0.3, 0.4) is 0 Å². The third-order valence-corrected chi connectivity index (χ3v) is 4.13. The zero-order valence-electron chi connectivity index (χ0n) is 11.2. The van der Waals surface area contributed by atoms with Gasteiger partial charge in [-0.25, -0.2) is 4.79 Å². The topological polar surface area (TPSA) is 44.4 Å². The molecule has 0 spiro atoms. The lowest BCUT2D eigenvalue weighted by molar-refractivity contribution is 0.183. The predicted molar refractivity (Wildman–Crippen MR) is 76.4 cm³/mol. The first-order chi connectivity index (χ1) is 9.34. The molecule has 0 bridgehead atoms. The lowest BCUT2D eigenvalue weighted by Crippen LogP contribution is -2.43. The van der Waals surface area contributed by atoms with Crippen LogP contribution in [0.1, 0.15) is 24.8 Å². The van der Waals surface area contributed by atoms with Crippen LogP contribution in [0.4, 0.5) is 10.5 Å². The Bertz CT molecular complexity index is 452. The van der Waals surface area contributed by atoms with Gasteiger partial charge in [-0.05, 0) is 50.4 Å². The summed E-state index contributed by atoms with van der Waals surface area (Å²) in [6.07, 6.45) is 4.26. The summed E-state index contributed by atoms with van der Waals surface area (Å²) in [7, 11) is 0. The van der Waals surface area contributed by atoms with Gasteiger partial charge in [0.2, 0.25) is 0 Å².